The number of nitrogens with zero attached hydrogens (tertiary/aromatic N) is 1. The van der Waals surface area contributed by atoms with Crippen LogP contribution in [0.5, 0.6) is 0 Å². The molecule has 6 nitrogen and oxygen atoms in total. The van der Waals surface area contributed by atoms with Crippen molar-refractivity contribution in [1.82, 2.24) is 10.2 Å². The number of carbonyl (C=O) groups excluding carboxylic acids is 2. The van der Waals surface area contributed by atoms with E-state index < -0.39 is 17.9 Å². The number of nitrogens with two attached hydrogens (primary N) is 1. The molecule has 0 aromatic carbocycles. The largest absolute Gasteiger partial charge is 0.464 e. The average molecular weight is 257 g/mol. The maximum absolute atomic E-state index is 11.6. The van der Waals surface area contributed by atoms with Crippen molar-refractivity contribution in [3.05, 3.63) is 0 Å². The smallest absolute Gasteiger partial charge is 0.332 e. The molecule has 3 N–H and O–H groups in total. The van der Waals surface area contributed by atoms with E-state index in [1.807, 2.05) is 0 Å². The number of carbonyl (C=O) groups is 2. The van der Waals surface area contributed by atoms with Crippen LogP contribution >= 0.6 is 0 Å². The van der Waals surface area contributed by atoms with Crippen LogP contribution in [0.4, 0.5) is 0 Å². The SMILES string of the molecule is CCOC(=O)C(N)C(=O)NCC1CCN(CC)C1. The Morgan fingerprint density at radius 1 is 1.50 bits per heavy atom. The lowest BCUT2D eigenvalue weighted by Crippen LogP contribution is -2.48. The first-order valence-electron chi connectivity index (χ1n) is 6.50. The van der Waals surface area contributed by atoms with E-state index in [2.05, 4.69) is 17.1 Å². The Hall–Kier alpha value is -1.14. The van der Waals surface area contributed by atoms with Crippen molar-refractivity contribution < 1.29 is 14.3 Å². The van der Waals surface area contributed by atoms with E-state index in [4.69, 9.17) is 10.5 Å². The second-order valence-corrected chi connectivity index (χ2v) is 4.52. The van der Waals surface area contributed by atoms with Gasteiger partial charge < -0.3 is 20.7 Å². The predicted octanol–water partition coefficient (Wildman–Crippen LogP) is -0.665. The van der Waals surface area contributed by atoms with Crippen LogP contribution in [0.2, 0.25) is 0 Å². The van der Waals surface area contributed by atoms with Gasteiger partial charge in [-0.15, -0.1) is 0 Å². The highest BCUT2D eigenvalue weighted by molar-refractivity contribution is 6.01. The lowest BCUT2D eigenvalue weighted by Gasteiger charge is -2.15. The minimum Gasteiger partial charge on any atom is -0.464 e. The van der Waals surface area contributed by atoms with Crippen molar-refractivity contribution in [3.63, 3.8) is 0 Å². The molecule has 0 aromatic rings. The molecule has 0 aromatic heterocycles. The van der Waals surface area contributed by atoms with Crippen molar-refractivity contribution in [2.75, 3.05) is 32.8 Å². The van der Waals surface area contributed by atoms with E-state index in [0.29, 0.717) is 12.5 Å². The molecule has 1 amide bonds. The van der Waals surface area contributed by atoms with Crippen LogP contribution in [0.25, 0.3) is 0 Å². The number of rotatable bonds is 6. The Bertz CT molecular complexity index is 296. The number of hydrogen-bond acceptors (Lipinski definition) is 5. The Morgan fingerprint density at radius 2 is 2.22 bits per heavy atom. The topological polar surface area (TPSA) is 84.7 Å². The molecule has 104 valence electrons. The van der Waals surface area contributed by atoms with Crippen LogP contribution in [-0.2, 0) is 14.3 Å². The molecular weight excluding hydrogens is 234 g/mol. The highest BCUT2D eigenvalue weighted by Gasteiger charge is 2.26. The van der Waals surface area contributed by atoms with Gasteiger partial charge in [-0.2, -0.15) is 0 Å². The molecule has 18 heavy (non-hydrogen) atoms. The molecular formula is C12H23N3O3. The van der Waals surface area contributed by atoms with E-state index in [1.54, 1.807) is 6.92 Å². The summed E-state index contributed by atoms with van der Waals surface area (Å²) < 4.78 is 4.70. The third-order valence-corrected chi connectivity index (χ3v) is 3.21. The molecule has 6 heteroatoms. The molecule has 0 saturated carbocycles. The van der Waals surface area contributed by atoms with E-state index >= 15 is 0 Å². The molecule has 2 atom stereocenters. The Labute approximate surface area is 108 Å². The van der Waals surface area contributed by atoms with Crippen LogP contribution in [0.1, 0.15) is 20.3 Å². The van der Waals surface area contributed by atoms with Crippen LogP contribution in [0.15, 0.2) is 0 Å². The molecule has 1 rings (SSSR count). The van der Waals surface area contributed by atoms with Gasteiger partial charge in [-0.3, -0.25) is 4.79 Å². The molecule has 0 bridgehead atoms. The van der Waals surface area contributed by atoms with Crippen molar-refractivity contribution in [2.45, 2.75) is 26.3 Å². The van der Waals surface area contributed by atoms with Gasteiger partial charge in [0.05, 0.1) is 6.61 Å². The minimum atomic E-state index is -1.21. The van der Waals surface area contributed by atoms with Gasteiger partial charge in [-0.25, -0.2) is 4.79 Å². The first kappa shape index (κ1) is 14.9. The molecule has 1 aliphatic heterocycles. The summed E-state index contributed by atoms with van der Waals surface area (Å²) in [5.41, 5.74) is 5.49. The molecule has 1 saturated heterocycles. The van der Waals surface area contributed by atoms with Crippen molar-refractivity contribution >= 4 is 11.9 Å². The fourth-order valence-electron chi connectivity index (χ4n) is 2.06. The molecule has 2 unspecified atom stereocenters. The standard InChI is InChI=1S/C12H23N3O3/c1-3-15-6-5-9(8-15)7-14-11(16)10(13)12(17)18-4-2/h9-10H,3-8,13H2,1-2H3,(H,14,16). The van der Waals surface area contributed by atoms with E-state index in [-0.39, 0.29) is 6.61 Å². The van der Waals surface area contributed by atoms with E-state index in [1.165, 1.54) is 0 Å². The number of esters is 1. The van der Waals surface area contributed by atoms with E-state index in [9.17, 15) is 9.59 Å². The summed E-state index contributed by atoms with van der Waals surface area (Å²) >= 11 is 0. The second-order valence-electron chi connectivity index (χ2n) is 4.52. The Balaban J connectivity index is 2.26. The fraction of sp³-hybridized carbons (Fsp3) is 0.833. The molecule has 1 heterocycles. The monoisotopic (exact) mass is 257 g/mol. The zero-order valence-corrected chi connectivity index (χ0v) is 11.1. The summed E-state index contributed by atoms with van der Waals surface area (Å²) in [6, 6.07) is -1.21. The summed E-state index contributed by atoms with van der Waals surface area (Å²) in [6.07, 6.45) is 1.07. The first-order valence-corrected chi connectivity index (χ1v) is 6.50. The lowest BCUT2D eigenvalue weighted by atomic mass is 10.1. The highest BCUT2D eigenvalue weighted by atomic mass is 16.5. The Kier molecular flexibility index (Phi) is 6.07. The fourth-order valence-corrected chi connectivity index (χ4v) is 2.06. The number of nitrogens with one attached hydrogen (secondary N) is 1. The normalized spacial score (nSPS) is 21.6. The minimum absolute atomic E-state index is 0.230. The zero-order chi connectivity index (χ0) is 13.5. The third-order valence-electron chi connectivity index (χ3n) is 3.21. The Morgan fingerprint density at radius 3 is 2.78 bits per heavy atom. The van der Waals surface area contributed by atoms with Gasteiger partial charge in [-0.1, -0.05) is 6.92 Å². The summed E-state index contributed by atoms with van der Waals surface area (Å²) in [7, 11) is 0. The van der Waals surface area contributed by atoms with Crippen LogP contribution in [-0.4, -0.2) is 55.6 Å². The first-order chi connectivity index (χ1) is 8.58. The van der Waals surface area contributed by atoms with Crippen LogP contribution < -0.4 is 11.1 Å². The van der Waals surface area contributed by atoms with Gasteiger partial charge in [0.1, 0.15) is 0 Å². The van der Waals surface area contributed by atoms with Crippen LogP contribution in [0, 0.1) is 5.92 Å². The molecule has 1 fully saturated rings. The van der Waals surface area contributed by atoms with Gasteiger partial charge in [-0.05, 0) is 32.4 Å². The molecule has 1 aliphatic rings. The van der Waals surface area contributed by atoms with Gasteiger partial charge in [0.2, 0.25) is 5.91 Å². The predicted molar refractivity (Wildman–Crippen MR) is 67.8 cm³/mol. The van der Waals surface area contributed by atoms with E-state index in [0.717, 1.165) is 26.1 Å². The van der Waals surface area contributed by atoms with Crippen molar-refractivity contribution in [1.29, 1.82) is 0 Å². The number of ether oxygens (including phenoxy) is 1. The highest BCUT2D eigenvalue weighted by Crippen LogP contribution is 2.14. The number of likely N-dealkylation sites (tertiary alicyclic amines) is 1. The third kappa shape index (κ3) is 4.27. The van der Waals surface area contributed by atoms with Gasteiger partial charge >= 0.3 is 5.97 Å². The maximum atomic E-state index is 11.6. The van der Waals surface area contributed by atoms with Gasteiger partial charge in [0, 0.05) is 13.1 Å². The quantitative estimate of drug-likeness (QED) is 0.487. The second kappa shape index (κ2) is 7.33. The molecule has 0 radical (unpaired) electrons. The maximum Gasteiger partial charge on any atom is 0.332 e. The van der Waals surface area contributed by atoms with Gasteiger partial charge in [0.25, 0.3) is 0 Å². The summed E-state index contributed by atoms with van der Waals surface area (Å²) in [6.45, 7) is 7.70. The number of amides is 1. The van der Waals surface area contributed by atoms with Gasteiger partial charge in [0.15, 0.2) is 6.04 Å². The van der Waals surface area contributed by atoms with Crippen molar-refractivity contribution in [3.8, 4) is 0 Å². The summed E-state index contributed by atoms with van der Waals surface area (Å²) in [5, 5.41) is 2.72. The lowest BCUT2D eigenvalue weighted by molar-refractivity contribution is -0.148. The zero-order valence-electron chi connectivity index (χ0n) is 11.1. The molecule has 0 spiro atoms. The molecule has 0 aliphatic carbocycles. The number of hydrogen-bond donors (Lipinski definition) is 2. The summed E-state index contributed by atoms with van der Waals surface area (Å²) in [4.78, 5) is 25.2. The van der Waals surface area contributed by atoms with Crippen molar-refractivity contribution in [2.24, 2.45) is 11.7 Å². The van der Waals surface area contributed by atoms with Crippen LogP contribution in [0.3, 0.4) is 0 Å². The average Bonchev–Trinajstić information content (AvgIpc) is 2.83. The summed E-state index contributed by atoms with van der Waals surface area (Å²) in [5.74, 6) is -0.677.